The SMILES string of the molecule is CCCCCCn1cnc2c(N)nc3ccccc3c21.Cc1ccc2nc(N)c3ncn(C)c3c2c1.Cc1nc2c(N)nc3ccccc3c2n1C.Cc1nc2c(N)nc3ccccc3c2n1Cc1ccccc1.Nc1nc2ccccc2c2c1ncn2CC(O)CO.Nc1nc2ccccc2c2c1ncn2CC1CCCCC1.Nc1nc2ccccc2c2c1ncn2CCO. The summed E-state index contributed by atoms with van der Waals surface area (Å²) in [6.07, 6.45) is 19.8. The summed E-state index contributed by atoms with van der Waals surface area (Å²) < 4.78 is 14.4. The number of aliphatic hydroxyl groups is 3. The number of pyridine rings is 7. The van der Waals surface area contributed by atoms with E-state index in [1.807, 2.05) is 189 Å². The molecule has 22 aromatic rings. The number of nitrogens with zero attached hydrogens (tertiary/aromatic N) is 21. The highest BCUT2D eigenvalue weighted by molar-refractivity contribution is 6.12. The summed E-state index contributed by atoms with van der Waals surface area (Å²) in [4.78, 5) is 61.5. The Labute approximate surface area is 753 Å². The summed E-state index contributed by atoms with van der Waals surface area (Å²) in [5.41, 5.74) is 63.0. The second-order valence-corrected chi connectivity index (χ2v) is 33.1. The van der Waals surface area contributed by atoms with Crippen LogP contribution < -0.4 is 40.1 Å². The molecule has 131 heavy (non-hydrogen) atoms. The van der Waals surface area contributed by atoms with Gasteiger partial charge < -0.3 is 87.4 Å². The molecule has 14 heterocycles. The first-order chi connectivity index (χ1) is 63.7. The number of nitrogen functional groups attached to an aromatic ring is 7. The maximum absolute atomic E-state index is 9.59. The van der Waals surface area contributed by atoms with Crippen LogP contribution in [0.2, 0.25) is 0 Å². The summed E-state index contributed by atoms with van der Waals surface area (Å²) in [6, 6.07) is 64.3. The van der Waals surface area contributed by atoms with E-state index in [1.165, 1.54) is 68.9 Å². The van der Waals surface area contributed by atoms with E-state index in [1.54, 1.807) is 23.5 Å². The highest BCUT2D eigenvalue weighted by Gasteiger charge is 2.23. The number of aryl methyl sites for hydroxylation is 6. The van der Waals surface area contributed by atoms with Crippen LogP contribution in [0.5, 0.6) is 0 Å². The molecule has 0 aliphatic heterocycles. The van der Waals surface area contributed by atoms with Crippen LogP contribution >= 0.6 is 0 Å². The van der Waals surface area contributed by atoms with E-state index in [9.17, 15) is 5.11 Å². The summed E-state index contributed by atoms with van der Waals surface area (Å²) in [5.74, 6) is 5.99. The molecule has 17 N–H and O–H groups in total. The first-order valence-corrected chi connectivity index (χ1v) is 44.1. The lowest BCUT2D eigenvalue weighted by atomic mass is 9.89. The van der Waals surface area contributed by atoms with E-state index < -0.39 is 6.10 Å². The predicted octanol–water partition coefficient (Wildman–Crippen LogP) is 16.7. The smallest absolute Gasteiger partial charge is 0.152 e. The van der Waals surface area contributed by atoms with Crippen LogP contribution in [-0.2, 0) is 46.8 Å². The van der Waals surface area contributed by atoms with Gasteiger partial charge in [-0.1, -0.05) is 197 Å². The van der Waals surface area contributed by atoms with Gasteiger partial charge in [-0.3, -0.25) is 0 Å². The topological polar surface area (TPSA) is 458 Å². The number of unbranched alkanes of at least 4 members (excludes halogenated alkanes) is 3. The number of anilines is 7. The molecule has 0 spiro atoms. The molecule has 8 aromatic carbocycles. The minimum Gasteiger partial charge on any atom is -0.395 e. The maximum atomic E-state index is 9.59. The fraction of sp³-hybridized carbons (Fsp3) is 0.240. The van der Waals surface area contributed by atoms with Crippen molar-refractivity contribution in [3.8, 4) is 0 Å². The van der Waals surface area contributed by atoms with Gasteiger partial charge in [0, 0.05) is 78.0 Å². The van der Waals surface area contributed by atoms with Crippen molar-refractivity contribution in [3.05, 3.63) is 249 Å². The van der Waals surface area contributed by atoms with Crippen LogP contribution in [0, 0.1) is 26.7 Å². The van der Waals surface area contributed by atoms with Gasteiger partial charge in [0.15, 0.2) is 40.7 Å². The number of imidazole rings is 7. The Hall–Kier alpha value is -15.6. The highest BCUT2D eigenvalue weighted by atomic mass is 16.3. The van der Waals surface area contributed by atoms with Crippen molar-refractivity contribution in [1.29, 1.82) is 0 Å². The molecule has 31 heteroatoms. The lowest BCUT2D eigenvalue weighted by molar-refractivity contribution is 0.0821. The molecule has 1 saturated carbocycles. The van der Waals surface area contributed by atoms with Gasteiger partial charge in [0.25, 0.3) is 0 Å². The normalized spacial score (nSPS) is 12.5. The molecule has 0 saturated heterocycles. The third-order valence-electron chi connectivity index (χ3n) is 24.1. The van der Waals surface area contributed by atoms with Gasteiger partial charge in [-0.15, -0.1) is 0 Å². The van der Waals surface area contributed by atoms with Gasteiger partial charge in [-0.25, -0.2) is 69.8 Å². The predicted molar refractivity (Wildman–Crippen MR) is 529 cm³/mol. The number of para-hydroxylation sites is 6. The number of nitrogens with two attached hydrogens (primary N) is 7. The third kappa shape index (κ3) is 18.0. The minimum atomic E-state index is -0.828. The number of benzene rings is 8. The van der Waals surface area contributed by atoms with E-state index in [0.29, 0.717) is 58.3 Å². The van der Waals surface area contributed by atoms with Crippen LogP contribution in [0.25, 0.3) is 154 Å². The standard InChI is InChI=1S/C18H16N4.C17H20N4.C16H20N4.C13H14N4O2.C12H12N4O.2C12H12N4/c1-12-20-16-17(22(12)11-13-7-3-2-4-8-13)14-9-5-6-10-15(14)21-18(16)19;18-17-15-16(13-8-4-5-9-14(13)20-17)21(11-19-15)10-12-6-2-1-3-7-12;1-2-3-4-7-10-20-11-18-14-15(20)12-8-5-6-9-13(12)19-16(14)17;14-13-11-12(9-3-1-2-4-10(9)16-13)17(7-15-11)5-8(19)6-18;13-12-10-11(16(5-6-17)7-14-10)8-3-1-2-4-9(8)15-12;1-7-3-4-9-8(5-7)11-10(12(13)15-9)14-6-16(11)2;1-7-14-10-11(16(7)2)8-5-3-4-6-9(8)15-12(10)13/h2-10H,11H2,1H3,(H2,19,21);4-5,8-9,11-12H,1-3,6-7,10H2,(H2,18,20);5-6,8-9,11H,2-4,7,10H2,1H3,(H2,17,19);1-4,7-8,18-19H,5-6H2,(H2,14,16);1-4,7,17H,5-6H2,(H2,13,15);2*3-6H,1-2H3,(H2,13,15). The molecule has 14 aromatic heterocycles. The Morgan fingerprint density at radius 1 is 0.359 bits per heavy atom. The Morgan fingerprint density at radius 3 is 1.20 bits per heavy atom. The van der Waals surface area contributed by atoms with E-state index in [-0.39, 0.29) is 19.8 Å². The summed E-state index contributed by atoms with van der Waals surface area (Å²) in [7, 11) is 3.97. The Morgan fingerprint density at radius 2 is 0.733 bits per heavy atom. The van der Waals surface area contributed by atoms with Gasteiger partial charge in [0.1, 0.15) is 50.3 Å². The van der Waals surface area contributed by atoms with Crippen molar-refractivity contribution in [2.45, 2.75) is 124 Å². The molecular formula is C100H106N28O3. The van der Waals surface area contributed by atoms with Crippen molar-refractivity contribution in [2.24, 2.45) is 20.0 Å². The number of rotatable bonds is 14. The monoisotopic (exact) mass is 1750 g/mol. The lowest BCUT2D eigenvalue weighted by Gasteiger charge is -2.22. The van der Waals surface area contributed by atoms with Crippen LogP contribution in [0.1, 0.15) is 87.5 Å². The molecule has 1 aliphatic carbocycles. The molecule has 1 unspecified atom stereocenters. The minimum absolute atomic E-state index is 0.0714. The summed E-state index contributed by atoms with van der Waals surface area (Å²) in [6.45, 7) is 11.6. The van der Waals surface area contributed by atoms with Crippen molar-refractivity contribution < 1.29 is 15.3 Å². The Kier molecular flexibility index (Phi) is 25.7. The van der Waals surface area contributed by atoms with Crippen molar-refractivity contribution in [2.75, 3.05) is 53.3 Å². The van der Waals surface area contributed by atoms with Crippen LogP contribution in [-0.4, -0.2) is 136 Å². The fourth-order valence-corrected chi connectivity index (χ4v) is 17.6. The van der Waals surface area contributed by atoms with Gasteiger partial charge >= 0.3 is 0 Å². The zero-order chi connectivity index (χ0) is 91.1. The number of hydrogen-bond donors (Lipinski definition) is 10. The zero-order valence-electron chi connectivity index (χ0n) is 74.1. The first-order valence-electron chi connectivity index (χ1n) is 44.1. The largest absolute Gasteiger partial charge is 0.395 e. The average Bonchev–Trinajstić information content (AvgIpc) is 1.62. The van der Waals surface area contributed by atoms with Crippen LogP contribution in [0.4, 0.5) is 40.7 Å². The van der Waals surface area contributed by atoms with E-state index in [0.717, 1.165) is 180 Å². The molecule has 31 nitrogen and oxygen atoms in total. The van der Waals surface area contributed by atoms with Crippen molar-refractivity contribution in [1.82, 2.24) is 102 Å². The number of fused-ring (bicyclic) bond motifs is 21. The van der Waals surface area contributed by atoms with Gasteiger partial charge in [-0.05, 0) is 100 Å². The number of aromatic nitrogens is 21. The molecule has 1 fully saturated rings. The third-order valence-corrected chi connectivity index (χ3v) is 24.1. The second kappa shape index (κ2) is 38.5. The van der Waals surface area contributed by atoms with Crippen LogP contribution in [0.15, 0.2) is 226 Å². The maximum Gasteiger partial charge on any atom is 0.152 e. The summed E-state index contributed by atoms with van der Waals surface area (Å²) >= 11 is 0. The van der Waals surface area contributed by atoms with Crippen molar-refractivity contribution in [3.63, 3.8) is 0 Å². The first kappa shape index (κ1) is 87.5. The van der Waals surface area contributed by atoms with Gasteiger partial charge in [0.05, 0.1) is 135 Å². The van der Waals surface area contributed by atoms with Gasteiger partial charge in [0.2, 0.25) is 0 Å². The molecule has 1 atom stereocenters. The molecular weight excluding hydrogens is 1640 g/mol. The molecule has 664 valence electrons. The van der Waals surface area contributed by atoms with Gasteiger partial charge in [-0.2, -0.15) is 0 Å². The molecule has 23 rings (SSSR count). The van der Waals surface area contributed by atoms with E-state index in [4.69, 9.17) is 50.3 Å². The molecule has 0 radical (unpaired) electrons. The molecule has 0 bridgehead atoms. The molecule has 1 aliphatic rings. The Bertz CT molecular complexity index is 7900. The fourth-order valence-electron chi connectivity index (χ4n) is 17.6. The Balaban J connectivity index is 0.000000107. The number of aliphatic hydroxyl groups excluding tert-OH is 3. The summed E-state index contributed by atoms with van der Waals surface area (Å²) in [5, 5.41) is 35.1. The number of hydrogen-bond acceptors (Lipinski definition) is 24. The van der Waals surface area contributed by atoms with E-state index in [2.05, 4.69) is 156 Å². The lowest BCUT2D eigenvalue weighted by Crippen LogP contribution is -2.19. The highest BCUT2D eigenvalue weighted by Crippen LogP contribution is 2.37. The van der Waals surface area contributed by atoms with E-state index >= 15 is 0 Å². The average molecular weight is 1750 g/mol. The van der Waals surface area contributed by atoms with Crippen molar-refractivity contribution >= 4 is 194 Å². The molecule has 0 amide bonds. The second-order valence-electron chi connectivity index (χ2n) is 33.1. The zero-order valence-corrected chi connectivity index (χ0v) is 74.1. The van der Waals surface area contributed by atoms with Crippen LogP contribution in [0.3, 0.4) is 0 Å². The quantitative estimate of drug-likeness (QED) is 0.0452.